The van der Waals surface area contributed by atoms with Crippen LogP contribution in [0.3, 0.4) is 0 Å². The fraction of sp³-hybridized carbons (Fsp3) is 0.533. The van der Waals surface area contributed by atoms with Gasteiger partial charge >= 0.3 is 5.97 Å². The highest BCUT2D eigenvalue weighted by atomic mass is 19.1. The molecule has 0 N–H and O–H groups in total. The molecule has 0 amide bonds. The Balaban J connectivity index is 2.88. The van der Waals surface area contributed by atoms with Crippen molar-refractivity contribution in [3.63, 3.8) is 0 Å². The van der Waals surface area contributed by atoms with Crippen molar-refractivity contribution in [2.45, 2.75) is 46.1 Å². The largest absolute Gasteiger partial charge is 0.462 e. The van der Waals surface area contributed by atoms with Crippen LogP contribution >= 0.6 is 0 Å². The lowest BCUT2D eigenvalue weighted by Crippen LogP contribution is -2.26. The number of rotatable bonds is 5. The van der Waals surface area contributed by atoms with Crippen molar-refractivity contribution in [1.29, 1.82) is 0 Å². The lowest BCUT2D eigenvalue weighted by molar-refractivity contribution is -0.149. The first-order valence-electron chi connectivity index (χ1n) is 6.40. The number of benzene rings is 1. The molecule has 0 aromatic heterocycles. The molecule has 0 bridgehead atoms. The third kappa shape index (κ3) is 3.83. The summed E-state index contributed by atoms with van der Waals surface area (Å²) in [6, 6.07) is 6.41. The molecule has 18 heavy (non-hydrogen) atoms. The monoisotopic (exact) mass is 252 g/mol. The van der Waals surface area contributed by atoms with E-state index in [0.717, 1.165) is 5.56 Å². The summed E-state index contributed by atoms with van der Waals surface area (Å²) in [5.74, 6) is -0.0501. The Bertz CT molecular complexity index is 384. The molecule has 0 aliphatic carbocycles. The third-order valence-electron chi connectivity index (χ3n) is 3.08. The Morgan fingerprint density at radius 1 is 1.22 bits per heavy atom. The van der Waals surface area contributed by atoms with E-state index in [1.165, 1.54) is 12.1 Å². The van der Waals surface area contributed by atoms with E-state index in [0.29, 0.717) is 12.3 Å². The molecule has 1 rings (SSSR count). The van der Waals surface area contributed by atoms with E-state index in [1.54, 1.807) is 19.1 Å². The minimum absolute atomic E-state index is 0.0844. The average Bonchev–Trinajstić information content (AvgIpc) is 2.31. The topological polar surface area (TPSA) is 26.3 Å². The lowest BCUT2D eigenvalue weighted by atomic mass is 9.84. The fourth-order valence-electron chi connectivity index (χ4n) is 2.25. The zero-order valence-corrected chi connectivity index (χ0v) is 11.4. The zero-order valence-electron chi connectivity index (χ0n) is 11.4. The number of carbonyl (C=O) groups is 1. The molecule has 2 nitrogen and oxygen atoms in total. The van der Waals surface area contributed by atoms with Crippen LogP contribution in [0.15, 0.2) is 24.3 Å². The van der Waals surface area contributed by atoms with Gasteiger partial charge in [0.1, 0.15) is 11.9 Å². The lowest BCUT2D eigenvalue weighted by Gasteiger charge is -2.27. The summed E-state index contributed by atoms with van der Waals surface area (Å²) in [5, 5.41) is 0. The van der Waals surface area contributed by atoms with Crippen LogP contribution in [0, 0.1) is 11.7 Å². The van der Waals surface area contributed by atoms with Crippen molar-refractivity contribution in [1.82, 2.24) is 0 Å². The Kier molecular flexibility index (Phi) is 5.32. The molecule has 0 radical (unpaired) electrons. The van der Waals surface area contributed by atoms with Gasteiger partial charge in [0.15, 0.2) is 0 Å². The maximum absolute atomic E-state index is 12.9. The van der Waals surface area contributed by atoms with E-state index in [9.17, 15) is 9.18 Å². The number of esters is 1. The molecule has 2 atom stereocenters. The average molecular weight is 252 g/mol. The Labute approximate surface area is 108 Å². The van der Waals surface area contributed by atoms with Gasteiger partial charge < -0.3 is 4.74 Å². The first-order chi connectivity index (χ1) is 8.45. The minimum atomic E-state index is -0.250. The number of halogens is 1. The van der Waals surface area contributed by atoms with Crippen LogP contribution in [-0.4, -0.2) is 12.1 Å². The maximum Gasteiger partial charge on any atom is 0.305 e. The summed E-state index contributed by atoms with van der Waals surface area (Å²) in [5.41, 5.74) is 1.00. The standard InChI is InChI=1S/C15H21FO2/c1-5-14(17)18-11(4)15(10(2)3)12-6-8-13(16)9-7-12/h6-11,15H,5H2,1-4H3. The number of hydrogen-bond acceptors (Lipinski definition) is 2. The summed E-state index contributed by atoms with van der Waals surface area (Å²) >= 11 is 0. The van der Waals surface area contributed by atoms with Crippen LogP contribution in [-0.2, 0) is 9.53 Å². The molecule has 0 saturated heterocycles. The molecule has 100 valence electrons. The van der Waals surface area contributed by atoms with E-state index in [1.807, 2.05) is 6.92 Å². The van der Waals surface area contributed by atoms with Crippen LogP contribution < -0.4 is 0 Å². The molecular weight excluding hydrogens is 231 g/mol. The summed E-state index contributed by atoms with van der Waals surface area (Å²) in [7, 11) is 0. The van der Waals surface area contributed by atoms with Gasteiger partial charge in [0.05, 0.1) is 0 Å². The van der Waals surface area contributed by atoms with Crippen LogP contribution in [0.1, 0.15) is 45.6 Å². The molecule has 2 unspecified atom stereocenters. The minimum Gasteiger partial charge on any atom is -0.462 e. The van der Waals surface area contributed by atoms with E-state index >= 15 is 0 Å². The van der Waals surface area contributed by atoms with Crippen LogP contribution in [0.5, 0.6) is 0 Å². The van der Waals surface area contributed by atoms with Gasteiger partial charge in [-0.15, -0.1) is 0 Å². The highest BCUT2D eigenvalue weighted by Gasteiger charge is 2.25. The normalized spacial score (nSPS) is 14.3. The van der Waals surface area contributed by atoms with Gasteiger partial charge in [-0.05, 0) is 30.5 Å². The van der Waals surface area contributed by atoms with Crippen molar-refractivity contribution >= 4 is 5.97 Å². The van der Waals surface area contributed by atoms with Gasteiger partial charge in [-0.25, -0.2) is 4.39 Å². The number of ether oxygens (including phenoxy) is 1. The molecule has 0 heterocycles. The van der Waals surface area contributed by atoms with Crippen LogP contribution in [0.25, 0.3) is 0 Å². The van der Waals surface area contributed by atoms with Gasteiger partial charge in [-0.3, -0.25) is 4.79 Å². The van der Waals surface area contributed by atoms with Gasteiger partial charge in [-0.1, -0.05) is 32.9 Å². The highest BCUT2D eigenvalue weighted by Crippen LogP contribution is 2.30. The van der Waals surface area contributed by atoms with Gasteiger partial charge in [0.25, 0.3) is 0 Å². The summed E-state index contributed by atoms with van der Waals surface area (Å²) < 4.78 is 18.3. The van der Waals surface area contributed by atoms with Crippen molar-refractivity contribution < 1.29 is 13.9 Å². The second kappa shape index (κ2) is 6.53. The predicted octanol–water partition coefficient (Wildman–Crippen LogP) is 3.91. The Hall–Kier alpha value is -1.38. The smallest absolute Gasteiger partial charge is 0.305 e. The Morgan fingerprint density at radius 2 is 1.78 bits per heavy atom. The van der Waals surface area contributed by atoms with Gasteiger partial charge in [0.2, 0.25) is 0 Å². The van der Waals surface area contributed by atoms with Crippen LogP contribution in [0.2, 0.25) is 0 Å². The molecule has 1 aromatic rings. The van der Waals surface area contributed by atoms with E-state index in [4.69, 9.17) is 4.74 Å². The van der Waals surface area contributed by atoms with Crippen molar-refractivity contribution in [2.24, 2.45) is 5.92 Å². The first kappa shape index (κ1) is 14.7. The molecule has 0 fully saturated rings. The summed E-state index contributed by atoms with van der Waals surface area (Å²) in [6.45, 7) is 7.81. The fourth-order valence-corrected chi connectivity index (χ4v) is 2.25. The predicted molar refractivity (Wildman–Crippen MR) is 69.8 cm³/mol. The van der Waals surface area contributed by atoms with E-state index in [-0.39, 0.29) is 23.8 Å². The van der Waals surface area contributed by atoms with E-state index < -0.39 is 0 Å². The van der Waals surface area contributed by atoms with Crippen LogP contribution in [0.4, 0.5) is 4.39 Å². The quantitative estimate of drug-likeness (QED) is 0.743. The summed E-state index contributed by atoms with van der Waals surface area (Å²) in [6.07, 6.45) is 0.168. The van der Waals surface area contributed by atoms with E-state index in [2.05, 4.69) is 13.8 Å². The van der Waals surface area contributed by atoms with Gasteiger partial charge in [0, 0.05) is 12.3 Å². The third-order valence-corrected chi connectivity index (χ3v) is 3.08. The molecule has 3 heteroatoms. The summed E-state index contributed by atoms with van der Waals surface area (Å²) in [4.78, 5) is 11.4. The SMILES string of the molecule is CCC(=O)OC(C)C(c1ccc(F)cc1)C(C)C. The molecule has 0 aliphatic rings. The highest BCUT2D eigenvalue weighted by molar-refractivity contribution is 5.69. The molecule has 1 aromatic carbocycles. The van der Waals surface area contributed by atoms with Gasteiger partial charge in [-0.2, -0.15) is 0 Å². The zero-order chi connectivity index (χ0) is 13.7. The van der Waals surface area contributed by atoms with Crippen molar-refractivity contribution in [3.05, 3.63) is 35.6 Å². The molecule has 0 saturated carbocycles. The van der Waals surface area contributed by atoms with Crippen molar-refractivity contribution in [3.8, 4) is 0 Å². The Morgan fingerprint density at radius 3 is 2.22 bits per heavy atom. The number of hydrogen-bond donors (Lipinski definition) is 0. The molecular formula is C15H21FO2. The molecule has 0 aliphatic heterocycles. The molecule has 0 spiro atoms. The second-order valence-corrected chi connectivity index (χ2v) is 4.87. The number of carbonyl (C=O) groups excluding carboxylic acids is 1. The maximum atomic E-state index is 12.9. The second-order valence-electron chi connectivity index (χ2n) is 4.87. The van der Waals surface area contributed by atoms with Crippen molar-refractivity contribution in [2.75, 3.05) is 0 Å². The first-order valence-corrected chi connectivity index (χ1v) is 6.40.